The van der Waals surface area contributed by atoms with Gasteiger partial charge in [0, 0.05) is 10.6 Å². The Kier molecular flexibility index (Phi) is 6.87. The minimum absolute atomic E-state index is 0.0183. The van der Waals surface area contributed by atoms with Crippen molar-refractivity contribution in [1.29, 1.82) is 0 Å². The summed E-state index contributed by atoms with van der Waals surface area (Å²) in [5.74, 6) is -0.465. The number of benzene rings is 2. The molecule has 1 N–H and O–H groups in total. The molecule has 1 atom stereocenters. The van der Waals surface area contributed by atoms with E-state index in [0.717, 1.165) is 29.7 Å². The second kappa shape index (κ2) is 9.55. The van der Waals surface area contributed by atoms with Crippen LogP contribution in [0.2, 0.25) is 0 Å². The molecule has 0 bridgehead atoms. The molecule has 4 nitrogen and oxygen atoms in total. The Morgan fingerprint density at radius 2 is 1.93 bits per heavy atom. The first-order valence-electron chi connectivity index (χ1n) is 9.03. The van der Waals surface area contributed by atoms with Gasteiger partial charge < -0.3 is 10.1 Å². The van der Waals surface area contributed by atoms with E-state index in [9.17, 15) is 14.0 Å². The molecule has 1 aliphatic rings. The van der Waals surface area contributed by atoms with Crippen LogP contribution in [0.25, 0.3) is 0 Å². The number of ether oxygens (including phenoxy) is 1. The van der Waals surface area contributed by atoms with Crippen molar-refractivity contribution in [3.05, 3.63) is 65.5 Å². The van der Waals surface area contributed by atoms with Gasteiger partial charge in [-0.05, 0) is 54.7 Å². The third-order valence-electron chi connectivity index (χ3n) is 4.46. The van der Waals surface area contributed by atoms with Gasteiger partial charge in [-0.3, -0.25) is 9.59 Å². The van der Waals surface area contributed by atoms with Gasteiger partial charge in [0.2, 0.25) is 0 Å². The first-order chi connectivity index (χ1) is 13.1. The van der Waals surface area contributed by atoms with Crippen LogP contribution >= 0.6 is 11.8 Å². The van der Waals surface area contributed by atoms with Gasteiger partial charge in [-0.25, -0.2) is 4.39 Å². The molecule has 0 unspecified atom stereocenters. The van der Waals surface area contributed by atoms with Crippen LogP contribution in [0.4, 0.5) is 4.39 Å². The third kappa shape index (κ3) is 5.82. The van der Waals surface area contributed by atoms with Gasteiger partial charge in [-0.15, -0.1) is 11.8 Å². The summed E-state index contributed by atoms with van der Waals surface area (Å²) in [6, 6.07) is 14.2. The highest BCUT2D eigenvalue weighted by atomic mass is 32.2. The summed E-state index contributed by atoms with van der Waals surface area (Å²) in [4.78, 5) is 24.8. The number of hydrogen-bond acceptors (Lipinski definition) is 4. The first-order valence-corrected chi connectivity index (χ1v) is 10.0. The number of aryl methyl sites for hydroxylation is 1. The van der Waals surface area contributed by atoms with Gasteiger partial charge in [0.15, 0.2) is 6.61 Å². The molecule has 0 spiro atoms. The van der Waals surface area contributed by atoms with Crippen LogP contribution in [0.1, 0.15) is 36.4 Å². The first kappa shape index (κ1) is 19.4. The smallest absolute Gasteiger partial charge is 0.307 e. The fraction of sp³-hybridized carbons (Fsp3) is 0.333. The Bertz CT molecular complexity index is 794. The number of rotatable bonds is 7. The van der Waals surface area contributed by atoms with Crippen LogP contribution in [0.5, 0.6) is 0 Å². The molecule has 0 heterocycles. The molecule has 6 heteroatoms. The van der Waals surface area contributed by atoms with E-state index in [4.69, 9.17) is 4.74 Å². The summed E-state index contributed by atoms with van der Waals surface area (Å²) in [5.41, 5.74) is 2.42. The lowest BCUT2D eigenvalue weighted by Gasteiger charge is -2.26. The van der Waals surface area contributed by atoms with E-state index < -0.39 is 5.97 Å². The van der Waals surface area contributed by atoms with Gasteiger partial charge in [0.1, 0.15) is 5.82 Å². The number of fused-ring (bicyclic) bond motifs is 1. The summed E-state index contributed by atoms with van der Waals surface area (Å²) >= 11 is 1.44. The lowest BCUT2D eigenvalue weighted by Crippen LogP contribution is -2.34. The summed E-state index contributed by atoms with van der Waals surface area (Å²) in [6.45, 7) is -0.265. The Morgan fingerprint density at radius 1 is 1.15 bits per heavy atom. The molecule has 0 aromatic heterocycles. The molecule has 0 saturated heterocycles. The zero-order valence-electron chi connectivity index (χ0n) is 14.9. The standard InChI is InChI=1S/C21H22FNO3S/c22-16-8-10-17(11-9-16)27-13-12-21(25)26-14-20(24)23-19-7-3-5-15-4-1-2-6-18(15)19/h1-2,4,6,8-11,19H,3,5,7,12-14H2,(H,23,24)/t19-/m1/s1. The predicted octanol–water partition coefficient (Wildman–Crippen LogP) is 4.04. The molecule has 0 aliphatic heterocycles. The number of amides is 1. The molecule has 0 fully saturated rings. The van der Waals surface area contributed by atoms with E-state index in [1.54, 1.807) is 12.1 Å². The van der Waals surface area contributed by atoms with E-state index in [-0.39, 0.29) is 30.8 Å². The maximum absolute atomic E-state index is 12.8. The van der Waals surface area contributed by atoms with Crippen molar-refractivity contribution in [1.82, 2.24) is 5.32 Å². The molecule has 0 saturated carbocycles. The monoisotopic (exact) mass is 387 g/mol. The van der Waals surface area contributed by atoms with Crippen LogP contribution < -0.4 is 5.32 Å². The summed E-state index contributed by atoms with van der Waals surface area (Å²) < 4.78 is 17.9. The average molecular weight is 387 g/mol. The van der Waals surface area contributed by atoms with Crippen molar-refractivity contribution >= 4 is 23.6 Å². The van der Waals surface area contributed by atoms with E-state index >= 15 is 0 Å². The van der Waals surface area contributed by atoms with E-state index in [0.29, 0.717) is 5.75 Å². The Morgan fingerprint density at radius 3 is 2.74 bits per heavy atom. The molecule has 27 heavy (non-hydrogen) atoms. The van der Waals surface area contributed by atoms with Gasteiger partial charge in [0.05, 0.1) is 12.5 Å². The maximum atomic E-state index is 12.8. The fourth-order valence-electron chi connectivity index (χ4n) is 3.14. The second-order valence-electron chi connectivity index (χ2n) is 6.42. The highest BCUT2D eigenvalue weighted by Crippen LogP contribution is 2.29. The number of nitrogens with one attached hydrogen (secondary N) is 1. The topological polar surface area (TPSA) is 55.4 Å². The summed E-state index contributed by atoms with van der Waals surface area (Å²) in [6.07, 6.45) is 3.15. The average Bonchev–Trinajstić information content (AvgIpc) is 2.68. The van der Waals surface area contributed by atoms with Crippen molar-refractivity contribution in [3.63, 3.8) is 0 Å². The number of thioether (sulfide) groups is 1. The summed E-state index contributed by atoms with van der Waals surface area (Å²) in [7, 11) is 0. The SMILES string of the molecule is O=C(COC(=O)CCSc1ccc(F)cc1)N[C@@H]1CCCc2ccccc21. The van der Waals surface area contributed by atoms with E-state index in [2.05, 4.69) is 11.4 Å². The molecule has 3 rings (SSSR count). The van der Waals surface area contributed by atoms with Gasteiger partial charge in [-0.2, -0.15) is 0 Å². The van der Waals surface area contributed by atoms with Crippen molar-refractivity contribution in [3.8, 4) is 0 Å². The van der Waals surface area contributed by atoms with Gasteiger partial charge in [0.25, 0.3) is 5.91 Å². The van der Waals surface area contributed by atoms with Crippen molar-refractivity contribution in [2.45, 2.75) is 36.6 Å². The zero-order valence-corrected chi connectivity index (χ0v) is 15.8. The highest BCUT2D eigenvalue weighted by Gasteiger charge is 2.21. The molecule has 142 valence electrons. The van der Waals surface area contributed by atoms with Gasteiger partial charge >= 0.3 is 5.97 Å². The van der Waals surface area contributed by atoms with Crippen LogP contribution in [-0.4, -0.2) is 24.2 Å². The number of carbonyl (C=O) groups is 2. The van der Waals surface area contributed by atoms with E-state index in [1.165, 1.54) is 29.5 Å². The number of carbonyl (C=O) groups excluding carboxylic acids is 2. The van der Waals surface area contributed by atoms with E-state index in [1.807, 2.05) is 18.2 Å². The van der Waals surface area contributed by atoms with Crippen LogP contribution in [-0.2, 0) is 20.7 Å². The molecule has 1 amide bonds. The third-order valence-corrected chi connectivity index (χ3v) is 5.47. The largest absolute Gasteiger partial charge is 0.456 e. The lowest BCUT2D eigenvalue weighted by atomic mass is 9.88. The second-order valence-corrected chi connectivity index (χ2v) is 7.59. The minimum Gasteiger partial charge on any atom is -0.456 e. The molecule has 1 aliphatic carbocycles. The number of halogens is 1. The molecular weight excluding hydrogens is 365 g/mol. The lowest BCUT2D eigenvalue weighted by molar-refractivity contribution is -0.148. The van der Waals surface area contributed by atoms with Crippen molar-refractivity contribution in [2.75, 3.05) is 12.4 Å². The van der Waals surface area contributed by atoms with Gasteiger partial charge in [-0.1, -0.05) is 24.3 Å². The number of hydrogen-bond donors (Lipinski definition) is 1. The summed E-state index contributed by atoms with van der Waals surface area (Å²) in [5, 5.41) is 2.96. The van der Waals surface area contributed by atoms with Crippen molar-refractivity contribution in [2.24, 2.45) is 0 Å². The molecular formula is C21H22FNO3S. The maximum Gasteiger partial charge on any atom is 0.307 e. The number of esters is 1. The van der Waals surface area contributed by atoms with Crippen LogP contribution in [0.3, 0.4) is 0 Å². The fourth-order valence-corrected chi connectivity index (χ4v) is 3.97. The Labute approximate surface area is 162 Å². The van der Waals surface area contributed by atoms with Crippen LogP contribution in [0.15, 0.2) is 53.4 Å². The van der Waals surface area contributed by atoms with Crippen LogP contribution in [0, 0.1) is 5.82 Å². The highest BCUT2D eigenvalue weighted by molar-refractivity contribution is 7.99. The quantitative estimate of drug-likeness (QED) is 0.575. The molecule has 2 aromatic carbocycles. The minimum atomic E-state index is -0.413. The van der Waals surface area contributed by atoms with Crippen molar-refractivity contribution < 1.29 is 18.7 Å². The Hall–Kier alpha value is -2.34. The molecule has 2 aromatic rings. The Balaban J connectivity index is 1.38. The zero-order chi connectivity index (χ0) is 19.1. The normalized spacial score (nSPS) is 15.7. The molecule has 0 radical (unpaired) electrons. The predicted molar refractivity (Wildman–Crippen MR) is 103 cm³/mol.